The van der Waals surface area contributed by atoms with Gasteiger partial charge >= 0.3 is 11.8 Å². The minimum absolute atomic E-state index is 0.0403. The van der Waals surface area contributed by atoms with E-state index in [9.17, 15) is 24.1 Å². The van der Waals surface area contributed by atoms with E-state index in [0.717, 1.165) is 0 Å². The minimum Gasteiger partial charge on any atom is -0.485 e. The molecule has 1 unspecified atom stereocenters. The number of benzene rings is 2. The SMILES string of the molecule is CC(CCC(C)(C)OC(N)=O)C(=O)NCCOc1cc2ncnc(Nc3ccc(Br)cc3F)c2cc1[N+](=O)[O-]. The van der Waals surface area contributed by atoms with Gasteiger partial charge < -0.3 is 25.8 Å². The van der Waals surface area contributed by atoms with Crippen LogP contribution in [0.15, 0.2) is 41.1 Å². The normalized spacial score (nSPS) is 12.0. The number of amides is 2. The summed E-state index contributed by atoms with van der Waals surface area (Å²) in [5.74, 6) is -1.02. The van der Waals surface area contributed by atoms with Gasteiger partial charge in [-0.3, -0.25) is 14.9 Å². The van der Waals surface area contributed by atoms with Crippen LogP contribution in [0.1, 0.15) is 33.6 Å². The summed E-state index contributed by atoms with van der Waals surface area (Å²) >= 11 is 3.19. The largest absolute Gasteiger partial charge is 0.485 e. The van der Waals surface area contributed by atoms with Crippen LogP contribution in [0.5, 0.6) is 5.75 Å². The molecule has 4 N–H and O–H groups in total. The molecule has 0 fully saturated rings. The van der Waals surface area contributed by atoms with Crippen LogP contribution in [0.4, 0.5) is 26.4 Å². The number of aromatic nitrogens is 2. The fourth-order valence-corrected chi connectivity index (χ4v) is 4.01. The number of carbonyl (C=O) groups is 2. The topological polar surface area (TPSA) is 172 Å². The number of hydrogen-bond donors (Lipinski definition) is 3. The molecule has 2 amide bonds. The lowest BCUT2D eigenvalue weighted by Crippen LogP contribution is -2.35. The summed E-state index contributed by atoms with van der Waals surface area (Å²) in [5.41, 5.74) is 4.39. The predicted octanol–water partition coefficient (Wildman–Crippen LogP) is 4.97. The Kier molecular flexibility index (Phi) is 9.56. The first-order valence-electron chi connectivity index (χ1n) is 11.9. The molecule has 14 heteroatoms. The highest BCUT2D eigenvalue weighted by Gasteiger charge is 2.24. The van der Waals surface area contributed by atoms with Gasteiger partial charge in [-0.15, -0.1) is 0 Å². The van der Waals surface area contributed by atoms with Crippen molar-refractivity contribution in [3.8, 4) is 5.75 Å². The second-order valence-corrected chi connectivity index (χ2v) is 10.2. The van der Waals surface area contributed by atoms with Crippen molar-refractivity contribution in [2.75, 3.05) is 18.5 Å². The van der Waals surface area contributed by atoms with Gasteiger partial charge in [-0.2, -0.15) is 0 Å². The number of primary amides is 1. The van der Waals surface area contributed by atoms with Gasteiger partial charge in [0, 0.05) is 22.5 Å². The van der Waals surface area contributed by atoms with E-state index in [1.807, 2.05) is 0 Å². The fraction of sp³-hybridized carbons (Fsp3) is 0.360. The number of hydrogen-bond acceptors (Lipinski definition) is 9. The lowest BCUT2D eigenvalue weighted by molar-refractivity contribution is -0.385. The molecule has 1 aromatic heterocycles. The van der Waals surface area contributed by atoms with E-state index < -0.39 is 22.4 Å². The van der Waals surface area contributed by atoms with Crippen molar-refractivity contribution < 1.29 is 28.4 Å². The maximum absolute atomic E-state index is 14.3. The van der Waals surface area contributed by atoms with Crippen molar-refractivity contribution in [3.63, 3.8) is 0 Å². The number of ether oxygens (including phenoxy) is 2. The number of halogens is 2. The first kappa shape index (κ1) is 29.5. The molecule has 208 valence electrons. The standard InChI is InChI=1S/C25H28BrFN6O6/c1-14(6-7-25(2,3)39-24(28)35)23(34)29-8-9-38-21-12-19-16(11-20(21)33(36)37)22(31-13-30-19)32-18-5-4-15(26)10-17(18)27/h4-5,10-14H,6-9H2,1-3H3,(H2,28,35)(H,29,34)(H,30,31,32). The molecule has 0 bridgehead atoms. The second-order valence-electron chi connectivity index (χ2n) is 9.33. The average Bonchev–Trinajstić information content (AvgIpc) is 2.85. The lowest BCUT2D eigenvalue weighted by atomic mass is 9.95. The maximum Gasteiger partial charge on any atom is 0.405 e. The molecule has 0 spiro atoms. The summed E-state index contributed by atoms with van der Waals surface area (Å²) < 4.78 is 25.5. The molecule has 0 aliphatic heterocycles. The number of carbonyl (C=O) groups excluding carboxylic acids is 2. The molecule has 12 nitrogen and oxygen atoms in total. The Morgan fingerprint density at radius 1 is 1.26 bits per heavy atom. The number of fused-ring (bicyclic) bond motifs is 1. The van der Waals surface area contributed by atoms with Crippen molar-refractivity contribution >= 4 is 56.0 Å². The van der Waals surface area contributed by atoms with E-state index in [-0.39, 0.29) is 47.9 Å². The number of rotatable bonds is 12. The lowest BCUT2D eigenvalue weighted by Gasteiger charge is -2.25. The Bertz CT molecular complexity index is 1390. The third-order valence-electron chi connectivity index (χ3n) is 5.76. The molecule has 1 heterocycles. The zero-order chi connectivity index (χ0) is 28.7. The van der Waals surface area contributed by atoms with Gasteiger partial charge in [0.25, 0.3) is 0 Å². The van der Waals surface area contributed by atoms with Gasteiger partial charge in [-0.25, -0.2) is 19.2 Å². The van der Waals surface area contributed by atoms with Gasteiger partial charge in [0.05, 0.1) is 28.1 Å². The zero-order valence-electron chi connectivity index (χ0n) is 21.5. The van der Waals surface area contributed by atoms with E-state index in [2.05, 4.69) is 36.5 Å². The number of nitrogens with two attached hydrogens (primary N) is 1. The summed E-state index contributed by atoms with van der Waals surface area (Å²) in [6, 6.07) is 7.06. The van der Waals surface area contributed by atoms with Crippen LogP contribution >= 0.6 is 15.9 Å². The van der Waals surface area contributed by atoms with E-state index in [0.29, 0.717) is 28.2 Å². The monoisotopic (exact) mass is 606 g/mol. The Morgan fingerprint density at radius 3 is 2.67 bits per heavy atom. The Hall–Kier alpha value is -4.07. The molecule has 3 rings (SSSR count). The molecular formula is C25H28BrFN6O6. The van der Waals surface area contributed by atoms with E-state index in [4.69, 9.17) is 15.2 Å². The van der Waals surface area contributed by atoms with Crippen LogP contribution in [0, 0.1) is 21.8 Å². The maximum atomic E-state index is 14.3. The van der Waals surface area contributed by atoms with Crippen molar-refractivity contribution in [3.05, 3.63) is 57.1 Å². The third kappa shape index (κ3) is 8.21. The van der Waals surface area contributed by atoms with E-state index in [1.54, 1.807) is 26.8 Å². The molecule has 1 atom stereocenters. The zero-order valence-corrected chi connectivity index (χ0v) is 23.1. The van der Waals surface area contributed by atoms with Crippen LogP contribution < -0.4 is 21.1 Å². The number of nitrogens with one attached hydrogen (secondary N) is 2. The summed E-state index contributed by atoms with van der Waals surface area (Å²) in [6.07, 6.45) is 1.24. The predicted molar refractivity (Wildman–Crippen MR) is 145 cm³/mol. The van der Waals surface area contributed by atoms with Crippen LogP contribution in [-0.2, 0) is 9.53 Å². The summed E-state index contributed by atoms with van der Waals surface area (Å²) in [4.78, 5) is 42.8. The van der Waals surface area contributed by atoms with E-state index >= 15 is 0 Å². The summed E-state index contributed by atoms with van der Waals surface area (Å²) in [6.45, 7) is 5.20. The average molecular weight is 607 g/mol. The Labute approximate surface area is 231 Å². The van der Waals surface area contributed by atoms with Crippen LogP contribution in [0.2, 0.25) is 0 Å². The molecule has 2 aromatic carbocycles. The fourth-order valence-electron chi connectivity index (χ4n) is 3.68. The van der Waals surface area contributed by atoms with Crippen molar-refractivity contribution in [2.45, 2.75) is 39.2 Å². The van der Waals surface area contributed by atoms with Gasteiger partial charge in [-0.1, -0.05) is 22.9 Å². The third-order valence-corrected chi connectivity index (χ3v) is 6.25. The smallest absolute Gasteiger partial charge is 0.405 e. The van der Waals surface area contributed by atoms with Gasteiger partial charge in [0.1, 0.15) is 30.2 Å². The summed E-state index contributed by atoms with van der Waals surface area (Å²) in [5, 5.41) is 17.6. The first-order valence-corrected chi connectivity index (χ1v) is 12.7. The number of nitro benzene ring substituents is 1. The molecule has 0 radical (unpaired) electrons. The number of nitrogens with zero attached hydrogens (tertiary/aromatic N) is 3. The number of nitro groups is 1. The van der Waals surface area contributed by atoms with Gasteiger partial charge in [-0.05, 0) is 44.9 Å². The van der Waals surface area contributed by atoms with Crippen LogP contribution in [0.3, 0.4) is 0 Å². The van der Waals surface area contributed by atoms with Crippen LogP contribution in [0.25, 0.3) is 10.9 Å². The second kappa shape index (κ2) is 12.7. The molecule has 0 aliphatic rings. The number of anilines is 2. The van der Waals surface area contributed by atoms with E-state index in [1.165, 1.54) is 30.6 Å². The summed E-state index contributed by atoms with van der Waals surface area (Å²) in [7, 11) is 0. The molecule has 39 heavy (non-hydrogen) atoms. The highest BCUT2D eigenvalue weighted by atomic mass is 79.9. The first-order chi connectivity index (χ1) is 18.4. The highest BCUT2D eigenvalue weighted by Crippen LogP contribution is 2.35. The van der Waals surface area contributed by atoms with Crippen molar-refractivity contribution in [1.29, 1.82) is 0 Å². The van der Waals surface area contributed by atoms with Gasteiger partial charge in [0.2, 0.25) is 5.91 Å². The highest BCUT2D eigenvalue weighted by molar-refractivity contribution is 9.10. The van der Waals surface area contributed by atoms with Crippen LogP contribution in [-0.4, -0.2) is 45.6 Å². The minimum atomic E-state index is -0.880. The van der Waals surface area contributed by atoms with Crippen molar-refractivity contribution in [1.82, 2.24) is 15.3 Å². The molecular weight excluding hydrogens is 579 g/mol. The van der Waals surface area contributed by atoms with Crippen molar-refractivity contribution in [2.24, 2.45) is 11.7 Å². The van der Waals surface area contributed by atoms with Gasteiger partial charge in [0.15, 0.2) is 5.75 Å². The molecule has 0 saturated heterocycles. The quantitative estimate of drug-likeness (QED) is 0.146. The molecule has 0 aliphatic carbocycles. The molecule has 0 saturated carbocycles. The molecule has 3 aromatic rings. The Balaban J connectivity index is 1.65. The Morgan fingerprint density at radius 2 is 2.00 bits per heavy atom.